The zero-order valence-corrected chi connectivity index (χ0v) is 14.8. The highest BCUT2D eigenvalue weighted by Gasteiger charge is 2.35. The molecule has 8 heteroatoms. The van der Waals surface area contributed by atoms with E-state index in [-0.39, 0.29) is 18.9 Å². The van der Waals surface area contributed by atoms with E-state index >= 15 is 0 Å². The number of nitrogens with one attached hydrogen (secondary N) is 1. The van der Waals surface area contributed by atoms with E-state index in [4.69, 9.17) is 4.74 Å². The summed E-state index contributed by atoms with van der Waals surface area (Å²) in [7, 11) is 1.55. The molecule has 0 amide bonds. The van der Waals surface area contributed by atoms with Gasteiger partial charge in [0.15, 0.2) is 10.8 Å². The van der Waals surface area contributed by atoms with Crippen molar-refractivity contribution in [2.45, 2.75) is 56.4 Å². The predicted molar refractivity (Wildman–Crippen MR) is 92.5 cm³/mol. The number of ether oxygens (including phenoxy) is 1. The molecular formula is C17H20F2N4OS. The fraction of sp³-hybridized carbons (Fsp3) is 0.588. The summed E-state index contributed by atoms with van der Waals surface area (Å²) in [5.41, 5.74) is 1.11. The summed E-state index contributed by atoms with van der Waals surface area (Å²) in [6, 6.07) is 1.69. The monoisotopic (exact) mass is 366 g/mol. The summed E-state index contributed by atoms with van der Waals surface area (Å²) in [5, 5.41) is 6.08. The normalized spacial score (nSPS) is 20.4. The maximum Gasteiger partial charge on any atom is 0.248 e. The number of halogens is 2. The molecule has 4 rings (SSSR count). The molecule has 2 aliphatic rings. The van der Waals surface area contributed by atoms with Crippen molar-refractivity contribution in [2.24, 2.45) is 0 Å². The summed E-state index contributed by atoms with van der Waals surface area (Å²) in [5.74, 6) is -0.402. The first-order valence-corrected chi connectivity index (χ1v) is 9.43. The fourth-order valence-corrected chi connectivity index (χ4v) is 3.88. The van der Waals surface area contributed by atoms with Gasteiger partial charge in [-0.25, -0.2) is 18.7 Å². The Balaban J connectivity index is 1.53. The maximum atomic E-state index is 13.3. The first-order chi connectivity index (χ1) is 12.0. The highest BCUT2D eigenvalue weighted by molar-refractivity contribution is 7.13. The number of thiazole rings is 1. The zero-order valence-electron chi connectivity index (χ0n) is 14.0. The molecule has 0 unspecified atom stereocenters. The van der Waals surface area contributed by atoms with Crippen LogP contribution in [0, 0.1) is 0 Å². The topological polar surface area (TPSA) is 59.9 Å². The molecule has 2 fully saturated rings. The SMILES string of the molecule is COc1cc(NC2CCC(F)(F)CC2)nc(-c2nc(C3CC3)cs2)n1. The van der Waals surface area contributed by atoms with E-state index in [2.05, 4.69) is 25.6 Å². The number of alkyl halides is 2. The molecule has 25 heavy (non-hydrogen) atoms. The smallest absolute Gasteiger partial charge is 0.248 e. The zero-order chi connectivity index (χ0) is 17.4. The molecule has 0 aliphatic heterocycles. The average molecular weight is 366 g/mol. The van der Waals surface area contributed by atoms with E-state index in [1.165, 1.54) is 24.2 Å². The second kappa shape index (κ2) is 6.48. The van der Waals surface area contributed by atoms with Crippen LogP contribution in [0.1, 0.15) is 50.1 Å². The van der Waals surface area contributed by atoms with E-state index in [0.29, 0.717) is 36.3 Å². The van der Waals surface area contributed by atoms with Gasteiger partial charge >= 0.3 is 0 Å². The molecule has 134 valence electrons. The molecule has 2 heterocycles. The molecule has 0 saturated heterocycles. The molecule has 0 spiro atoms. The lowest BCUT2D eigenvalue weighted by atomic mass is 9.92. The van der Waals surface area contributed by atoms with Crippen molar-refractivity contribution in [1.82, 2.24) is 15.0 Å². The Kier molecular flexibility index (Phi) is 4.31. The van der Waals surface area contributed by atoms with Crippen LogP contribution < -0.4 is 10.1 Å². The predicted octanol–water partition coefficient (Wildman–Crippen LogP) is 4.48. The van der Waals surface area contributed by atoms with Gasteiger partial charge < -0.3 is 10.1 Å². The van der Waals surface area contributed by atoms with E-state index in [9.17, 15) is 8.78 Å². The molecule has 1 N–H and O–H groups in total. The Labute approximate surface area is 148 Å². The molecule has 0 bridgehead atoms. The van der Waals surface area contributed by atoms with Crippen molar-refractivity contribution < 1.29 is 13.5 Å². The van der Waals surface area contributed by atoms with Gasteiger partial charge in [0.25, 0.3) is 0 Å². The van der Waals surface area contributed by atoms with E-state index in [0.717, 1.165) is 10.7 Å². The minimum absolute atomic E-state index is 0.00889. The van der Waals surface area contributed by atoms with Crippen molar-refractivity contribution >= 4 is 17.2 Å². The van der Waals surface area contributed by atoms with Gasteiger partial charge in [0.2, 0.25) is 11.8 Å². The Morgan fingerprint density at radius 3 is 2.60 bits per heavy atom. The number of hydrogen-bond acceptors (Lipinski definition) is 6. The van der Waals surface area contributed by atoms with Crippen LogP contribution in [0.4, 0.5) is 14.6 Å². The average Bonchev–Trinajstić information content (AvgIpc) is 3.33. The molecule has 0 aromatic carbocycles. The second-order valence-corrected chi connectivity index (χ2v) is 7.60. The number of anilines is 1. The molecule has 2 saturated carbocycles. The Bertz CT molecular complexity index is 753. The summed E-state index contributed by atoms with van der Waals surface area (Å²) < 4.78 is 31.9. The van der Waals surface area contributed by atoms with Crippen molar-refractivity contribution in [1.29, 1.82) is 0 Å². The van der Waals surface area contributed by atoms with Gasteiger partial charge in [-0.1, -0.05) is 0 Å². The summed E-state index contributed by atoms with van der Waals surface area (Å²) in [6.45, 7) is 0. The number of nitrogens with zero attached hydrogens (tertiary/aromatic N) is 3. The molecule has 2 aromatic rings. The third-order valence-electron chi connectivity index (χ3n) is 4.69. The van der Waals surface area contributed by atoms with Gasteiger partial charge in [-0.3, -0.25) is 0 Å². The summed E-state index contributed by atoms with van der Waals surface area (Å²) >= 11 is 1.53. The van der Waals surface area contributed by atoms with E-state index in [1.807, 2.05) is 0 Å². The lowest BCUT2D eigenvalue weighted by Gasteiger charge is -2.29. The van der Waals surface area contributed by atoms with Crippen LogP contribution in [-0.4, -0.2) is 34.0 Å². The first-order valence-electron chi connectivity index (χ1n) is 8.56. The van der Waals surface area contributed by atoms with Crippen LogP contribution in [-0.2, 0) is 0 Å². The number of aromatic nitrogens is 3. The highest BCUT2D eigenvalue weighted by atomic mass is 32.1. The van der Waals surface area contributed by atoms with Crippen LogP contribution >= 0.6 is 11.3 Å². The van der Waals surface area contributed by atoms with Crippen LogP contribution in [0.2, 0.25) is 0 Å². The Hall–Kier alpha value is -1.83. The molecule has 0 radical (unpaired) electrons. The largest absolute Gasteiger partial charge is 0.481 e. The lowest BCUT2D eigenvalue weighted by Crippen LogP contribution is -2.32. The minimum Gasteiger partial charge on any atom is -0.481 e. The third kappa shape index (κ3) is 3.89. The molecule has 2 aromatic heterocycles. The Morgan fingerprint density at radius 2 is 1.92 bits per heavy atom. The van der Waals surface area contributed by atoms with Gasteiger partial charge in [-0.2, -0.15) is 4.98 Å². The first kappa shape index (κ1) is 16.6. The van der Waals surface area contributed by atoms with Crippen molar-refractivity contribution in [2.75, 3.05) is 12.4 Å². The van der Waals surface area contributed by atoms with Crippen LogP contribution in [0.5, 0.6) is 5.88 Å². The highest BCUT2D eigenvalue weighted by Crippen LogP contribution is 2.41. The van der Waals surface area contributed by atoms with Gasteiger partial charge in [0.05, 0.1) is 12.8 Å². The van der Waals surface area contributed by atoms with Gasteiger partial charge in [0.1, 0.15) is 5.82 Å². The van der Waals surface area contributed by atoms with Gasteiger partial charge in [0, 0.05) is 36.2 Å². The third-order valence-corrected chi connectivity index (χ3v) is 5.55. The van der Waals surface area contributed by atoms with Crippen LogP contribution in [0.3, 0.4) is 0 Å². The van der Waals surface area contributed by atoms with Gasteiger partial charge in [-0.05, 0) is 25.7 Å². The number of rotatable bonds is 5. The quantitative estimate of drug-likeness (QED) is 0.846. The number of hydrogen-bond donors (Lipinski definition) is 1. The lowest BCUT2D eigenvalue weighted by molar-refractivity contribution is -0.0361. The molecule has 2 aliphatic carbocycles. The minimum atomic E-state index is -2.53. The fourth-order valence-electron chi connectivity index (χ4n) is 3.05. The van der Waals surface area contributed by atoms with Gasteiger partial charge in [-0.15, -0.1) is 11.3 Å². The van der Waals surface area contributed by atoms with E-state index in [1.54, 1.807) is 13.2 Å². The summed E-state index contributed by atoms with van der Waals surface area (Å²) in [6.07, 6.45) is 3.08. The Morgan fingerprint density at radius 1 is 1.16 bits per heavy atom. The van der Waals surface area contributed by atoms with E-state index < -0.39 is 5.92 Å². The molecule has 5 nitrogen and oxygen atoms in total. The van der Waals surface area contributed by atoms with Crippen molar-refractivity contribution in [3.63, 3.8) is 0 Å². The van der Waals surface area contributed by atoms with Crippen LogP contribution in [0.25, 0.3) is 10.8 Å². The summed E-state index contributed by atoms with van der Waals surface area (Å²) in [4.78, 5) is 13.6. The maximum absolute atomic E-state index is 13.3. The van der Waals surface area contributed by atoms with Crippen LogP contribution in [0.15, 0.2) is 11.4 Å². The number of methoxy groups -OCH3 is 1. The van der Waals surface area contributed by atoms with Crippen molar-refractivity contribution in [3.05, 3.63) is 17.1 Å². The molecule has 0 atom stereocenters. The van der Waals surface area contributed by atoms with Crippen molar-refractivity contribution in [3.8, 4) is 16.7 Å². The standard InChI is InChI=1S/C17H20F2N4OS/c1-24-14-8-13(20-11-4-6-17(18,19)7-5-11)22-15(23-14)16-21-12(9-25-16)10-2-3-10/h8-11H,2-7H2,1H3,(H,20,22,23). The molecular weight excluding hydrogens is 346 g/mol. The second-order valence-electron chi connectivity index (χ2n) is 6.75.